The van der Waals surface area contributed by atoms with E-state index in [1.165, 1.54) is 0 Å². The van der Waals surface area contributed by atoms with Crippen LogP contribution < -0.4 is 5.40 Å². The van der Waals surface area contributed by atoms with E-state index in [2.05, 4.69) is 34.2 Å². The topological polar surface area (TPSA) is 26.0 Å². The van der Waals surface area contributed by atoms with Crippen molar-refractivity contribution in [1.82, 2.24) is 0 Å². The average Bonchev–Trinajstić information content (AvgIpc) is 1.59. The molecular formula is C8H21NSi. The van der Waals surface area contributed by atoms with Crippen molar-refractivity contribution in [2.24, 2.45) is 17.2 Å². The Morgan fingerprint density at radius 2 is 1.30 bits per heavy atom. The molecule has 0 saturated heterocycles. The van der Waals surface area contributed by atoms with Gasteiger partial charge in [0.1, 0.15) is 8.96 Å². The van der Waals surface area contributed by atoms with E-state index in [0.29, 0.717) is 0 Å². The van der Waals surface area contributed by atoms with Gasteiger partial charge in [-0.15, -0.1) is 0 Å². The smallest absolute Gasteiger partial charge is 0.106 e. The molecule has 0 aromatic rings. The zero-order valence-electron chi connectivity index (χ0n) is 7.89. The van der Waals surface area contributed by atoms with Crippen molar-refractivity contribution < 1.29 is 0 Å². The maximum absolute atomic E-state index is 5.98. The molecule has 0 rings (SSSR count). The molecule has 0 radical (unpaired) electrons. The number of hydrogen-bond donors (Lipinski definition) is 1. The van der Waals surface area contributed by atoms with Crippen molar-refractivity contribution in [3.63, 3.8) is 0 Å². The second kappa shape index (κ2) is 4.14. The van der Waals surface area contributed by atoms with Crippen LogP contribution in [0, 0.1) is 11.8 Å². The normalized spacial score (nSPS) is 15.3. The van der Waals surface area contributed by atoms with Crippen molar-refractivity contribution in [2.45, 2.75) is 39.8 Å². The Morgan fingerprint density at radius 3 is 1.30 bits per heavy atom. The summed E-state index contributed by atoms with van der Waals surface area (Å²) in [6.45, 7) is 11.4. The first-order valence-corrected chi connectivity index (χ1v) is 6.71. The van der Waals surface area contributed by atoms with E-state index in [1.807, 2.05) is 0 Å². The van der Waals surface area contributed by atoms with Crippen molar-refractivity contribution in [2.75, 3.05) is 0 Å². The highest BCUT2D eigenvalue weighted by atomic mass is 28.3. The van der Waals surface area contributed by atoms with Crippen LogP contribution in [0.4, 0.5) is 0 Å². The lowest BCUT2D eigenvalue weighted by atomic mass is 10.00. The molecule has 10 heavy (non-hydrogen) atoms. The SMILES string of the molecule is CC(C)C(C(C)C)[SiH](C)N. The summed E-state index contributed by atoms with van der Waals surface area (Å²) in [5.41, 5.74) is 0.806. The fraction of sp³-hybridized carbons (Fsp3) is 1.00. The van der Waals surface area contributed by atoms with E-state index < -0.39 is 8.96 Å². The van der Waals surface area contributed by atoms with Gasteiger partial charge in [-0.2, -0.15) is 0 Å². The fourth-order valence-corrected chi connectivity index (χ4v) is 4.41. The lowest BCUT2D eigenvalue weighted by Gasteiger charge is -2.27. The minimum Gasteiger partial charge on any atom is -0.353 e. The van der Waals surface area contributed by atoms with E-state index in [9.17, 15) is 0 Å². The highest BCUT2D eigenvalue weighted by Crippen LogP contribution is 2.27. The monoisotopic (exact) mass is 159 g/mol. The van der Waals surface area contributed by atoms with Gasteiger partial charge >= 0.3 is 0 Å². The van der Waals surface area contributed by atoms with Crippen LogP contribution in [-0.4, -0.2) is 8.96 Å². The molecular weight excluding hydrogens is 138 g/mol. The summed E-state index contributed by atoms with van der Waals surface area (Å²) in [4.78, 5) is 0. The van der Waals surface area contributed by atoms with E-state index in [-0.39, 0.29) is 0 Å². The van der Waals surface area contributed by atoms with E-state index >= 15 is 0 Å². The van der Waals surface area contributed by atoms with Crippen LogP contribution in [-0.2, 0) is 0 Å². The molecule has 1 nitrogen and oxygen atoms in total. The van der Waals surface area contributed by atoms with Crippen LogP contribution in [0.15, 0.2) is 0 Å². The zero-order valence-corrected chi connectivity index (χ0v) is 9.04. The first-order chi connectivity index (χ1) is 4.46. The molecule has 2 heteroatoms. The lowest BCUT2D eigenvalue weighted by Crippen LogP contribution is -2.33. The Morgan fingerprint density at radius 1 is 1.00 bits per heavy atom. The summed E-state index contributed by atoms with van der Waals surface area (Å²) in [7, 11) is -0.901. The van der Waals surface area contributed by atoms with Crippen molar-refractivity contribution in [1.29, 1.82) is 0 Å². The molecule has 0 spiro atoms. The molecule has 62 valence electrons. The number of rotatable bonds is 3. The maximum Gasteiger partial charge on any atom is 0.106 e. The number of hydrogen-bond acceptors (Lipinski definition) is 1. The fourth-order valence-electron chi connectivity index (χ4n) is 1.98. The predicted molar refractivity (Wildman–Crippen MR) is 50.6 cm³/mol. The van der Waals surface area contributed by atoms with Gasteiger partial charge in [0.15, 0.2) is 0 Å². The molecule has 0 aliphatic heterocycles. The Bertz CT molecular complexity index is 70.2. The van der Waals surface area contributed by atoms with Gasteiger partial charge in [0.05, 0.1) is 0 Å². The summed E-state index contributed by atoms with van der Waals surface area (Å²) in [6, 6.07) is 0. The van der Waals surface area contributed by atoms with Crippen LogP contribution in [0.5, 0.6) is 0 Å². The standard InChI is InChI=1S/C8H21NSi/c1-6(2)8(7(3)4)10(5)9/h6-8,10H,9H2,1-5H3. The molecule has 0 aliphatic carbocycles. The van der Waals surface area contributed by atoms with E-state index in [1.54, 1.807) is 0 Å². The molecule has 2 N–H and O–H groups in total. The van der Waals surface area contributed by atoms with Gasteiger partial charge in [-0.1, -0.05) is 34.2 Å². The van der Waals surface area contributed by atoms with Crippen LogP contribution in [0.25, 0.3) is 0 Å². The number of nitrogens with two attached hydrogens (primary N) is 1. The molecule has 0 aromatic carbocycles. The summed E-state index contributed by atoms with van der Waals surface area (Å²) < 4.78 is 0. The first kappa shape index (κ1) is 10.2. The zero-order chi connectivity index (χ0) is 8.31. The molecule has 1 unspecified atom stereocenters. The van der Waals surface area contributed by atoms with Crippen molar-refractivity contribution >= 4 is 8.96 Å². The third-order valence-electron chi connectivity index (χ3n) is 2.15. The third kappa shape index (κ3) is 2.84. The Kier molecular flexibility index (Phi) is 4.21. The van der Waals surface area contributed by atoms with Crippen LogP contribution >= 0.6 is 0 Å². The lowest BCUT2D eigenvalue weighted by molar-refractivity contribution is 0.458. The van der Waals surface area contributed by atoms with Gasteiger partial charge in [0.2, 0.25) is 0 Å². The third-order valence-corrected chi connectivity index (χ3v) is 4.90. The van der Waals surface area contributed by atoms with Gasteiger partial charge in [-0.05, 0) is 17.4 Å². The Balaban J connectivity index is 3.98. The van der Waals surface area contributed by atoms with Gasteiger partial charge in [0, 0.05) is 0 Å². The largest absolute Gasteiger partial charge is 0.353 e. The molecule has 0 saturated carbocycles. The Hall–Kier alpha value is 0.177. The van der Waals surface area contributed by atoms with Crippen LogP contribution in [0.1, 0.15) is 27.7 Å². The van der Waals surface area contributed by atoms with Gasteiger partial charge in [0.25, 0.3) is 0 Å². The van der Waals surface area contributed by atoms with Gasteiger partial charge in [-0.25, -0.2) is 0 Å². The second-order valence-corrected chi connectivity index (χ2v) is 6.41. The minimum absolute atomic E-state index is 0.770. The summed E-state index contributed by atoms with van der Waals surface area (Å²) >= 11 is 0. The van der Waals surface area contributed by atoms with Crippen LogP contribution in [0.3, 0.4) is 0 Å². The molecule has 0 aliphatic rings. The molecule has 0 amide bonds. The molecule has 1 atom stereocenters. The molecule has 0 fully saturated rings. The minimum atomic E-state index is -0.901. The van der Waals surface area contributed by atoms with Crippen molar-refractivity contribution in [3.8, 4) is 0 Å². The summed E-state index contributed by atoms with van der Waals surface area (Å²) in [5, 5.41) is 5.98. The molecule has 0 aromatic heterocycles. The van der Waals surface area contributed by atoms with E-state index in [0.717, 1.165) is 17.4 Å². The summed E-state index contributed by atoms with van der Waals surface area (Å²) in [5.74, 6) is 1.54. The highest BCUT2D eigenvalue weighted by molar-refractivity contribution is 6.55. The highest BCUT2D eigenvalue weighted by Gasteiger charge is 2.21. The van der Waals surface area contributed by atoms with Crippen LogP contribution in [0.2, 0.25) is 12.1 Å². The molecule has 0 heterocycles. The Labute approximate surface area is 66.7 Å². The van der Waals surface area contributed by atoms with Gasteiger partial charge < -0.3 is 5.40 Å². The van der Waals surface area contributed by atoms with Crippen molar-refractivity contribution in [3.05, 3.63) is 0 Å². The molecule has 0 bridgehead atoms. The maximum atomic E-state index is 5.98. The summed E-state index contributed by atoms with van der Waals surface area (Å²) in [6.07, 6.45) is 0. The van der Waals surface area contributed by atoms with E-state index in [4.69, 9.17) is 5.40 Å². The quantitative estimate of drug-likeness (QED) is 0.626. The predicted octanol–water partition coefficient (Wildman–Crippen LogP) is 1.98. The average molecular weight is 159 g/mol. The second-order valence-electron chi connectivity index (χ2n) is 3.92. The first-order valence-electron chi connectivity index (χ1n) is 4.22. The van der Waals surface area contributed by atoms with Gasteiger partial charge in [-0.3, -0.25) is 0 Å².